The monoisotopic (exact) mass is 1070 g/mol. The number of hydrogen-bond acceptors (Lipinski definition) is 4. The van der Waals surface area contributed by atoms with Crippen LogP contribution in [0.3, 0.4) is 0 Å². The Kier molecular flexibility index (Phi) is 33.0. The molecular weight excluding hydrogens is 945 g/mol. The van der Waals surface area contributed by atoms with E-state index >= 15 is 0 Å². The second kappa shape index (κ2) is 38.0. The van der Waals surface area contributed by atoms with Gasteiger partial charge in [0.15, 0.2) is 0 Å². The van der Waals surface area contributed by atoms with Crippen LogP contribution in [0.2, 0.25) is 0 Å². The van der Waals surface area contributed by atoms with Gasteiger partial charge in [-0.25, -0.2) is 0 Å². The molecule has 4 heterocycles. The predicted molar refractivity (Wildman–Crippen MR) is 349 cm³/mol. The first-order valence-electron chi connectivity index (χ1n) is 34.2. The first kappa shape index (κ1) is 67.7. The standard InChI is InChI=1S/2C14H19N.C13H17N.C10H18.C8H15N.5C3H8/c1-4-8-14(9-5-1)11-15-10-12-6-2-3-7-13(12)14;1-4-8-14(9-5-1)10-12-6-2-3-7-13(12)15-11-14;1-4-8-13(9-5-1)10-14-12-7-3-2-6-11(12)13;1-2-6-10(7-3-1)8-4-5-9-10;1-2-4-8(5-3-1)6-9-7-8;5*1-3-2/h2*2-3,6-7,15H,1,4-5,8-11H2;2-3,6-7,14H,1,4-5,8-10H2;1-9H2;9H,1-7H2;5*3H2,1-2H3. The first-order chi connectivity index (χ1) is 38.1. The number of hydrogen-bond donors (Lipinski definition) is 4. The van der Waals surface area contributed by atoms with E-state index < -0.39 is 0 Å². The highest BCUT2D eigenvalue weighted by Crippen LogP contribution is 2.50. The molecule has 13 rings (SSSR count). The maximum atomic E-state index is 3.62. The average molecular weight is 1070 g/mol. The van der Waals surface area contributed by atoms with Gasteiger partial charge < -0.3 is 21.3 Å². The third-order valence-corrected chi connectivity index (χ3v) is 18.7. The van der Waals surface area contributed by atoms with E-state index in [1.807, 2.05) is 0 Å². The molecule has 0 atom stereocenters. The SMILES string of the molecule is C1CCC2(CC1)CCCC2.C1CCC2(CC1)CNC2.CCC.CCC.CCC.CCC.CCC.c1ccc2c(c1)CC1(CCCCC1)CN2.c1ccc2c(c1)CNCC21CCCCC1.c1ccc2c(c1)NCC21CCCCC1. The van der Waals surface area contributed by atoms with Gasteiger partial charge in [0.25, 0.3) is 0 Å². The van der Waals surface area contributed by atoms with Crippen molar-refractivity contribution >= 4 is 11.4 Å². The van der Waals surface area contributed by atoms with Gasteiger partial charge >= 0.3 is 0 Å². The van der Waals surface area contributed by atoms with Gasteiger partial charge in [0.2, 0.25) is 0 Å². The zero-order valence-electron chi connectivity index (χ0n) is 53.4. The van der Waals surface area contributed by atoms with Crippen LogP contribution in [0.15, 0.2) is 72.8 Å². The van der Waals surface area contributed by atoms with E-state index in [0.717, 1.165) is 17.4 Å². The lowest BCUT2D eigenvalue weighted by atomic mass is 9.67. The Morgan fingerprint density at radius 1 is 0.295 bits per heavy atom. The van der Waals surface area contributed by atoms with Gasteiger partial charge in [-0.15, -0.1) is 0 Å². The van der Waals surface area contributed by atoms with Crippen molar-refractivity contribution < 1.29 is 0 Å². The molecule has 0 bridgehead atoms. The first-order valence-corrected chi connectivity index (χ1v) is 34.2. The molecule has 10 aliphatic rings. The maximum absolute atomic E-state index is 3.62. The molecule has 3 aromatic carbocycles. The fraction of sp³-hybridized carbons (Fsp3) is 0.757. The van der Waals surface area contributed by atoms with Crippen LogP contribution < -0.4 is 21.3 Å². The normalized spacial score (nSPS) is 22.0. The molecule has 5 spiro atoms. The van der Waals surface area contributed by atoms with Gasteiger partial charge in [-0.3, -0.25) is 0 Å². The summed E-state index contributed by atoms with van der Waals surface area (Å²) in [6.45, 7) is 28.5. The van der Waals surface area contributed by atoms with Crippen molar-refractivity contribution in [2.45, 2.75) is 311 Å². The van der Waals surface area contributed by atoms with Crippen LogP contribution in [0.25, 0.3) is 0 Å². The van der Waals surface area contributed by atoms with Gasteiger partial charge in [-0.2, -0.15) is 0 Å². The lowest BCUT2D eigenvalue weighted by molar-refractivity contribution is 0.107. The maximum Gasteiger partial charge on any atom is 0.0379 e. The number of benzene rings is 3. The van der Waals surface area contributed by atoms with E-state index in [4.69, 9.17) is 0 Å². The predicted octanol–water partition coefficient (Wildman–Crippen LogP) is 22.0. The highest BCUT2D eigenvalue weighted by Gasteiger charge is 2.41. The summed E-state index contributed by atoms with van der Waals surface area (Å²) in [6, 6.07) is 26.7. The molecule has 6 aliphatic carbocycles. The second-order valence-corrected chi connectivity index (χ2v) is 26.6. The highest BCUT2D eigenvalue weighted by molar-refractivity contribution is 5.60. The lowest BCUT2D eigenvalue weighted by Crippen LogP contribution is -2.54. The van der Waals surface area contributed by atoms with E-state index in [1.165, 1.54) is 254 Å². The number of anilines is 2. The second-order valence-electron chi connectivity index (χ2n) is 26.6. The van der Waals surface area contributed by atoms with Crippen molar-refractivity contribution in [1.29, 1.82) is 0 Å². The Labute approximate surface area is 485 Å². The van der Waals surface area contributed by atoms with Crippen molar-refractivity contribution in [2.24, 2.45) is 16.2 Å². The number of fused-ring (bicyclic) bond motifs is 5. The summed E-state index contributed by atoms with van der Waals surface area (Å²) in [7, 11) is 0. The Morgan fingerprint density at radius 2 is 0.641 bits per heavy atom. The van der Waals surface area contributed by atoms with Crippen molar-refractivity contribution in [3.63, 3.8) is 0 Å². The van der Waals surface area contributed by atoms with Crippen molar-refractivity contribution in [2.75, 3.05) is 43.4 Å². The van der Waals surface area contributed by atoms with Crippen LogP contribution >= 0.6 is 0 Å². The highest BCUT2D eigenvalue weighted by atomic mass is 15.0. The molecule has 0 radical (unpaired) electrons. The summed E-state index contributed by atoms with van der Waals surface area (Å²) in [5.41, 5.74) is 12.3. The summed E-state index contributed by atoms with van der Waals surface area (Å²) >= 11 is 0. The van der Waals surface area contributed by atoms with Crippen LogP contribution in [0, 0.1) is 16.2 Å². The van der Waals surface area contributed by atoms with Crippen LogP contribution in [0.4, 0.5) is 11.4 Å². The zero-order valence-corrected chi connectivity index (χ0v) is 53.4. The Balaban J connectivity index is 0.000000199. The topological polar surface area (TPSA) is 48.1 Å². The quantitative estimate of drug-likeness (QED) is 0.181. The molecule has 0 aromatic heterocycles. The molecule has 4 heteroatoms. The molecule has 3 aromatic rings. The molecular formula is C74H128N4. The minimum Gasteiger partial charge on any atom is -0.384 e. The molecule has 7 fully saturated rings. The van der Waals surface area contributed by atoms with Crippen LogP contribution in [-0.4, -0.2) is 32.7 Å². The van der Waals surface area contributed by atoms with E-state index in [0.29, 0.717) is 16.2 Å². The van der Waals surface area contributed by atoms with Crippen LogP contribution in [-0.2, 0) is 23.8 Å². The van der Waals surface area contributed by atoms with E-state index in [2.05, 4.69) is 163 Å². The summed E-state index contributed by atoms with van der Waals surface area (Å²) < 4.78 is 0. The number of para-hydroxylation sites is 2. The fourth-order valence-corrected chi connectivity index (χ4v) is 14.8. The van der Waals surface area contributed by atoms with Gasteiger partial charge in [0.05, 0.1) is 0 Å². The van der Waals surface area contributed by atoms with Gasteiger partial charge in [-0.05, 0) is 134 Å². The Morgan fingerprint density at radius 3 is 1.09 bits per heavy atom. The Hall–Kier alpha value is -2.82. The summed E-state index contributed by atoms with van der Waals surface area (Å²) in [5.74, 6) is 0. The third kappa shape index (κ3) is 21.5. The van der Waals surface area contributed by atoms with Crippen LogP contribution in [0.1, 0.15) is 310 Å². The molecule has 4 aliphatic heterocycles. The number of rotatable bonds is 0. The minimum absolute atomic E-state index is 0.479. The molecule has 0 unspecified atom stereocenters. The fourth-order valence-electron chi connectivity index (χ4n) is 14.8. The zero-order chi connectivity index (χ0) is 56.3. The van der Waals surface area contributed by atoms with Gasteiger partial charge in [-0.1, -0.05) is 271 Å². The van der Waals surface area contributed by atoms with Crippen molar-refractivity contribution in [3.8, 4) is 0 Å². The molecule has 6 saturated carbocycles. The largest absolute Gasteiger partial charge is 0.384 e. The minimum atomic E-state index is 0.479. The molecule has 444 valence electrons. The van der Waals surface area contributed by atoms with E-state index in [-0.39, 0.29) is 0 Å². The summed E-state index contributed by atoms with van der Waals surface area (Å²) in [4.78, 5) is 0. The van der Waals surface area contributed by atoms with E-state index in [9.17, 15) is 0 Å². The third-order valence-electron chi connectivity index (χ3n) is 18.7. The van der Waals surface area contributed by atoms with Crippen molar-refractivity contribution in [1.82, 2.24) is 10.6 Å². The Bertz CT molecular complexity index is 1900. The number of nitrogens with one attached hydrogen (secondary N) is 4. The van der Waals surface area contributed by atoms with Gasteiger partial charge in [0, 0.05) is 61.5 Å². The molecule has 1 saturated heterocycles. The lowest BCUT2D eigenvalue weighted by Gasteiger charge is -2.45. The summed E-state index contributed by atoms with van der Waals surface area (Å²) in [5, 5.41) is 14.2. The van der Waals surface area contributed by atoms with Crippen LogP contribution in [0.5, 0.6) is 0 Å². The van der Waals surface area contributed by atoms with Crippen molar-refractivity contribution in [3.05, 3.63) is 95.1 Å². The summed E-state index contributed by atoms with van der Waals surface area (Å²) in [6.07, 6.45) is 50.1. The molecule has 4 N–H and O–H groups in total. The smallest absolute Gasteiger partial charge is 0.0379 e. The molecule has 0 amide bonds. The molecule has 4 nitrogen and oxygen atoms in total. The van der Waals surface area contributed by atoms with E-state index in [1.54, 1.807) is 36.8 Å². The molecule has 78 heavy (non-hydrogen) atoms. The average Bonchev–Trinajstić information content (AvgIpc) is 4.18. The van der Waals surface area contributed by atoms with Gasteiger partial charge in [0.1, 0.15) is 0 Å².